The van der Waals surface area contributed by atoms with Crippen LogP contribution in [0.25, 0.3) is 11.1 Å². The van der Waals surface area contributed by atoms with Crippen molar-refractivity contribution in [2.75, 3.05) is 5.32 Å². The van der Waals surface area contributed by atoms with Gasteiger partial charge in [0.05, 0.1) is 6.20 Å². The van der Waals surface area contributed by atoms with Gasteiger partial charge in [-0.1, -0.05) is 6.07 Å². The first-order valence-corrected chi connectivity index (χ1v) is 8.62. The van der Waals surface area contributed by atoms with Gasteiger partial charge in [-0.15, -0.1) is 0 Å². The van der Waals surface area contributed by atoms with E-state index in [-0.39, 0.29) is 17.6 Å². The van der Waals surface area contributed by atoms with E-state index < -0.39 is 0 Å². The number of nitrogens with zero attached hydrogens (tertiary/aromatic N) is 1. The summed E-state index contributed by atoms with van der Waals surface area (Å²) in [5, 5.41) is 3.02. The smallest absolute Gasteiger partial charge is 0.227 e. The van der Waals surface area contributed by atoms with E-state index in [2.05, 4.69) is 10.3 Å². The topological polar surface area (TPSA) is 42.0 Å². The van der Waals surface area contributed by atoms with Crippen LogP contribution >= 0.6 is 0 Å². The number of pyridine rings is 1. The molecule has 4 rings (SSSR count). The standard InChI is InChI=1S/C20H21FN2O/c1-12-2-5-18(9-19(12)16-8-17(21)11-22-10-16)23-20(24)15-6-14(7-15)13-3-4-13/h2,5,8-11,13-15H,3-4,6-7H2,1H3,(H,23,24). The predicted octanol–water partition coefficient (Wildman–Crippen LogP) is 4.57. The van der Waals surface area contributed by atoms with E-state index in [0.29, 0.717) is 0 Å². The van der Waals surface area contributed by atoms with Gasteiger partial charge in [0, 0.05) is 23.4 Å². The molecule has 0 spiro atoms. The van der Waals surface area contributed by atoms with Crippen molar-refractivity contribution in [2.45, 2.75) is 32.6 Å². The van der Waals surface area contributed by atoms with Gasteiger partial charge in [0.1, 0.15) is 5.82 Å². The number of benzene rings is 1. The summed E-state index contributed by atoms with van der Waals surface area (Å²) >= 11 is 0. The van der Waals surface area contributed by atoms with E-state index in [4.69, 9.17) is 0 Å². The molecule has 1 heterocycles. The summed E-state index contributed by atoms with van der Waals surface area (Å²) in [6.07, 6.45) is 7.59. The van der Waals surface area contributed by atoms with Crippen LogP contribution in [-0.2, 0) is 4.79 Å². The van der Waals surface area contributed by atoms with Crippen molar-refractivity contribution in [1.82, 2.24) is 4.98 Å². The number of hydrogen-bond acceptors (Lipinski definition) is 2. The Balaban J connectivity index is 1.48. The maximum absolute atomic E-state index is 13.4. The Hall–Kier alpha value is -2.23. The minimum Gasteiger partial charge on any atom is -0.326 e. The number of anilines is 1. The highest BCUT2D eigenvalue weighted by Crippen LogP contribution is 2.49. The second-order valence-corrected chi connectivity index (χ2v) is 7.18. The van der Waals surface area contributed by atoms with Crippen molar-refractivity contribution in [3.8, 4) is 11.1 Å². The molecule has 0 radical (unpaired) electrons. The number of halogens is 1. The summed E-state index contributed by atoms with van der Waals surface area (Å²) in [5.74, 6) is 1.56. The van der Waals surface area contributed by atoms with Crippen LogP contribution in [0.15, 0.2) is 36.7 Å². The monoisotopic (exact) mass is 324 g/mol. The van der Waals surface area contributed by atoms with Crippen LogP contribution in [0, 0.1) is 30.5 Å². The Morgan fingerprint density at radius 3 is 2.67 bits per heavy atom. The molecular formula is C20H21FN2O. The minimum absolute atomic E-state index is 0.110. The molecule has 2 aromatic rings. The van der Waals surface area contributed by atoms with Crippen molar-refractivity contribution in [1.29, 1.82) is 0 Å². The van der Waals surface area contributed by atoms with Crippen LogP contribution in [-0.4, -0.2) is 10.9 Å². The number of amides is 1. The zero-order valence-electron chi connectivity index (χ0n) is 13.8. The lowest BCUT2D eigenvalue weighted by Crippen LogP contribution is -2.35. The van der Waals surface area contributed by atoms with Gasteiger partial charge in [-0.25, -0.2) is 4.39 Å². The number of nitrogens with one attached hydrogen (secondary N) is 1. The van der Waals surface area contributed by atoms with Gasteiger partial charge < -0.3 is 5.32 Å². The summed E-state index contributed by atoms with van der Waals surface area (Å²) < 4.78 is 13.4. The first kappa shape index (κ1) is 15.3. The zero-order valence-corrected chi connectivity index (χ0v) is 13.8. The fourth-order valence-corrected chi connectivity index (χ4v) is 3.64. The molecule has 0 atom stereocenters. The molecule has 2 fully saturated rings. The predicted molar refractivity (Wildman–Crippen MR) is 91.9 cm³/mol. The maximum atomic E-state index is 13.4. The average Bonchev–Trinajstić information content (AvgIpc) is 3.32. The third-order valence-corrected chi connectivity index (χ3v) is 5.35. The Morgan fingerprint density at radius 1 is 1.17 bits per heavy atom. The molecule has 0 saturated heterocycles. The van der Waals surface area contributed by atoms with Gasteiger partial charge >= 0.3 is 0 Å². The first-order valence-electron chi connectivity index (χ1n) is 8.62. The van der Waals surface area contributed by atoms with Gasteiger partial charge in [-0.05, 0) is 73.8 Å². The summed E-state index contributed by atoms with van der Waals surface area (Å²) in [4.78, 5) is 16.3. The molecule has 24 heavy (non-hydrogen) atoms. The van der Waals surface area contributed by atoms with Gasteiger partial charge in [0.25, 0.3) is 0 Å². The second kappa shape index (κ2) is 6.00. The van der Waals surface area contributed by atoms with E-state index >= 15 is 0 Å². The molecule has 0 bridgehead atoms. The lowest BCUT2D eigenvalue weighted by atomic mass is 9.72. The molecule has 2 aliphatic carbocycles. The molecular weight excluding hydrogens is 303 g/mol. The van der Waals surface area contributed by atoms with Crippen LogP contribution < -0.4 is 5.32 Å². The van der Waals surface area contributed by atoms with Crippen molar-refractivity contribution in [3.63, 3.8) is 0 Å². The lowest BCUT2D eigenvalue weighted by Gasteiger charge is -2.34. The SMILES string of the molecule is Cc1ccc(NC(=O)C2CC(C3CC3)C2)cc1-c1cncc(F)c1. The number of aromatic nitrogens is 1. The lowest BCUT2D eigenvalue weighted by molar-refractivity contribution is -0.124. The molecule has 0 aliphatic heterocycles. The van der Waals surface area contributed by atoms with E-state index in [0.717, 1.165) is 47.1 Å². The number of carbonyl (C=O) groups is 1. The van der Waals surface area contributed by atoms with Crippen LogP contribution in [0.5, 0.6) is 0 Å². The Kier molecular flexibility index (Phi) is 3.83. The highest BCUT2D eigenvalue weighted by Gasteiger charge is 2.42. The van der Waals surface area contributed by atoms with Gasteiger partial charge in [0.15, 0.2) is 0 Å². The van der Waals surface area contributed by atoms with E-state index in [1.807, 2.05) is 25.1 Å². The Bertz CT molecular complexity index is 779. The maximum Gasteiger partial charge on any atom is 0.227 e. The number of carbonyl (C=O) groups excluding carboxylic acids is 1. The molecule has 2 aliphatic rings. The van der Waals surface area contributed by atoms with Crippen molar-refractivity contribution in [2.24, 2.45) is 17.8 Å². The number of aryl methyl sites for hydroxylation is 1. The van der Waals surface area contributed by atoms with Crippen molar-refractivity contribution in [3.05, 3.63) is 48.0 Å². The second-order valence-electron chi connectivity index (χ2n) is 7.18. The first-order chi connectivity index (χ1) is 11.6. The zero-order chi connectivity index (χ0) is 16.7. The molecule has 2 saturated carbocycles. The average molecular weight is 324 g/mol. The molecule has 3 nitrogen and oxygen atoms in total. The summed E-state index contributed by atoms with van der Waals surface area (Å²) in [5.41, 5.74) is 3.41. The summed E-state index contributed by atoms with van der Waals surface area (Å²) in [6.45, 7) is 1.97. The molecule has 124 valence electrons. The normalized spacial score (nSPS) is 22.8. The number of hydrogen-bond donors (Lipinski definition) is 1. The van der Waals surface area contributed by atoms with E-state index in [1.54, 1.807) is 6.20 Å². The van der Waals surface area contributed by atoms with Gasteiger partial charge in [-0.3, -0.25) is 9.78 Å². The van der Waals surface area contributed by atoms with Gasteiger partial charge in [-0.2, -0.15) is 0 Å². The molecule has 4 heteroatoms. The molecule has 1 aromatic heterocycles. The Labute approximate surface area is 141 Å². The quantitative estimate of drug-likeness (QED) is 0.895. The number of rotatable bonds is 4. The fraction of sp³-hybridized carbons (Fsp3) is 0.400. The fourth-order valence-electron chi connectivity index (χ4n) is 3.64. The molecule has 1 aromatic carbocycles. The van der Waals surface area contributed by atoms with Crippen LogP contribution in [0.2, 0.25) is 0 Å². The van der Waals surface area contributed by atoms with Crippen LogP contribution in [0.1, 0.15) is 31.2 Å². The Morgan fingerprint density at radius 2 is 1.96 bits per heavy atom. The summed E-state index contributed by atoms with van der Waals surface area (Å²) in [7, 11) is 0. The van der Waals surface area contributed by atoms with Crippen molar-refractivity contribution < 1.29 is 9.18 Å². The van der Waals surface area contributed by atoms with Crippen LogP contribution in [0.3, 0.4) is 0 Å². The van der Waals surface area contributed by atoms with Gasteiger partial charge in [0.2, 0.25) is 5.91 Å². The molecule has 0 unspecified atom stereocenters. The third kappa shape index (κ3) is 3.05. The molecule has 1 amide bonds. The van der Waals surface area contributed by atoms with E-state index in [1.165, 1.54) is 25.1 Å². The highest BCUT2D eigenvalue weighted by atomic mass is 19.1. The van der Waals surface area contributed by atoms with Crippen LogP contribution in [0.4, 0.5) is 10.1 Å². The summed E-state index contributed by atoms with van der Waals surface area (Å²) in [6, 6.07) is 7.22. The largest absolute Gasteiger partial charge is 0.326 e. The highest BCUT2D eigenvalue weighted by molar-refractivity contribution is 5.94. The van der Waals surface area contributed by atoms with E-state index in [9.17, 15) is 9.18 Å². The third-order valence-electron chi connectivity index (χ3n) is 5.35. The minimum atomic E-state index is -0.359. The molecule has 1 N–H and O–H groups in total. The van der Waals surface area contributed by atoms with Crippen molar-refractivity contribution >= 4 is 11.6 Å².